The van der Waals surface area contributed by atoms with Crippen LogP contribution in [0.15, 0.2) is 64.3 Å². The summed E-state index contributed by atoms with van der Waals surface area (Å²) in [6.07, 6.45) is 3.03. The van der Waals surface area contributed by atoms with Gasteiger partial charge in [0.1, 0.15) is 22.9 Å². The maximum atomic E-state index is 15.8. The van der Waals surface area contributed by atoms with E-state index < -0.39 is 28.8 Å². The number of halogens is 3. The lowest BCUT2D eigenvalue weighted by atomic mass is 9.96. The average molecular weight is 637 g/mol. The molecule has 1 saturated carbocycles. The Balaban J connectivity index is 1.42. The largest absolute Gasteiger partial charge is 0.496 e. The maximum absolute atomic E-state index is 15.8. The van der Waals surface area contributed by atoms with Crippen molar-refractivity contribution in [2.24, 2.45) is 20.0 Å². The number of rotatable bonds is 9. The van der Waals surface area contributed by atoms with Gasteiger partial charge < -0.3 is 19.9 Å². The highest BCUT2D eigenvalue weighted by atomic mass is 35.5. The molecule has 1 aromatic heterocycles. The molecule has 9 nitrogen and oxygen atoms in total. The number of aryl methyl sites for hydroxylation is 1. The Bertz CT molecular complexity index is 1940. The number of nitrogens with one attached hydrogen (secondary N) is 2. The summed E-state index contributed by atoms with van der Waals surface area (Å²) in [7, 11) is 4.07. The van der Waals surface area contributed by atoms with Crippen LogP contribution in [0.3, 0.4) is 0 Å². The molecule has 0 bridgehead atoms. The normalized spacial score (nSPS) is 14.5. The van der Waals surface area contributed by atoms with Gasteiger partial charge in [0.2, 0.25) is 0 Å². The third-order valence-corrected chi connectivity index (χ3v) is 8.40. The molecule has 2 N–H and O–H groups in total. The number of methoxy groups -OCH3 is 1. The van der Waals surface area contributed by atoms with E-state index in [0.717, 1.165) is 21.8 Å². The van der Waals surface area contributed by atoms with Gasteiger partial charge in [-0.2, -0.15) is 0 Å². The minimum absolute atomic E-state index is 0.0617. The first-order valence-electron chi connectivity index (χ1n) is 14.2. The number of anilines is 1. The van der Waals surface area contributed by atoms with Crippen LogP contribution in [0.2, 0.25) is 5.02 Å². The first-order valence-corrected chi connectivity index (χ1v) is 14.6. The topological polar surface area (TPSA) is 111 Å². The summed E-state index contributed by atoms with van der Waals surface area (Å²) >= 11 is 6.80. The van der Waals surface area contributed by atoms with Crippen LogP contribution < -0.4 is 26.6 Å². The molecule has 0 radical (unpaired) electrons. The molecule has 0 saturated heterocycles. The third kappa shape index (κ3) is 6.45. The van der Waals surface area contributed by atoms with Crippen LogP contribution in [-0.4, -0.2) is 34.5 Å². The maximum Gasteiger partial charge on any atom is 0.330 e. The molecule has 1 atom stereocenters. The summed E-state index contributed by atoms with van der Waals surface area (Å²) in [5.74, 6) is -1.42. The van der Waals surface area contributed by atoms with E-state index in [9.17, 15) is 19.2 Å². The second-order valence-electron chi connectivity index (χ2n) is 11.0. The van der Waals surface area contributed by atoms with Gasteiger partial charge in [0.25, 0.3) is 11.5 Å². The number of ether oxygens (including phenoxy) is 1. The Morgan fingerprint density at radius 3 is 2.47 bits per heavy atom. The summed E-state index contributed by atoms with van der Waals surface area (Å²) in [5, 5.41) is 5.78. The molecule has 5 rings (SSSR count). The Kier molecular flexibility index (Phi) is 9.31. The molecule has 1 aliphatic rings. The SMILES string of the molecule is COc1cc(-c2cccc(-c3cccc(NC(=O)c4cn(C)c(=O)n(C)c4=O)c3F)c2Cl)cc(F)c1CNCC1CCC(=O)C1. The van der Waals surface area contributed by atoms with Crippen molar-refractivity contribution in [2.45, 2.75) is 25.8 Å². The number of nitrogens with zero attached hydrogens (tertiary/aromatic N) is 2. The van der Waals surface area contributed by atoms with Gasteiger partial charge >= 0.3 is 5.69 Å². The minimum atomic E-state index is -0.893. The average Bonchev–Trinajstić information content (AvgIpc) is 3.44. The minimum Gasteiger partial charge on any atom is -0.496 e. The van der Waals surface area contributed by atoms with Gasteiger partial charge in [0.15, 0.2) is 5.82 Å². The number of ketones is 1. The number of benzene rings is 3. The number of Topliss-reactive ketones (excluding diaryl/α,β-unsaturated/α-hetero) is 1. The van der Waals surface area contributed by atoms with E-state index in [1.165, 1.54) is 45.5 Å². The van der Waals surface area contributed by atoms with Crippen LogP contribution in [0, 0.1) is 17.6 Å². The van der Waals surface area contributed by atoms with E-state index in [2.05, 4.69) is 10.6 Å². The van der Waals surface area contributed by atoms with E-state index in [1.54, 1.807) is 24.3 Å². The van der Waals surface area contributed by atoms with E-state index >= 15 is 8.78 Å². The van der Waals surface area contributed by atoms with Crippen LogP contribution >= 0.6 is 11.6 Å². The highest BCUT2D eigenvalue weighted by Crippen LogP contribution is 2.40. The molecule has 12 heteroatoms. The van der Waals surface area contributed by atoms with Gasteiger partial charge in [-0.3, -0.25) is 19.0 Å². The Hall–Kier alpha value is -4.61. The van der Waals surface area contributed by atoms with Crippen LogP contribution in [0.25, 0.3) is 22.3 Å². The number of aromatic nitrogens is 2. The zero-order valence-electron chi connectivity index (χ0n) is 24.9. The highest BCUT2D eigenvalue weighted by molar-refractivity contribution is 6.36. The van der Waals surface area contributed by atoms with Crippen LogP contribution in [-0.2, 0) is 25.4 Å². The van der Waals surface area contributed by atoms with Crippen molar-refractivity contribution >= 4 is 29.0 Å². The highest BCUT2D eigenvalue weighted by Gasteiger charge is 2.23. The molecule has 1 heterocycles. The molecule has 234 valence electrons. The Morgan fingerprint density at radius 2 is 1.76 bits per heavy atom. The van der Waals surface area contributed by atoms with E-state index in [-0.39, 0.29) is 45.6 Å². The molecule has 4 aromatic rings. The van der Waals surface area contributed by atoms with Gasteiger partial charge in [-0.25, -0.2) is 13.6 Å². The monoisotopic (exact) mass is 636 g/mol. The second-order valence-corrected chi connectivity index (χ2v) is 11.4. The molecule has 0 aliphatic heterocycles. The summed E-state index contributed by atoms with van der Waals surface area (Å²) in [4.78, 5) is 49.0. The number of hydrogen-bond donors (Lipinski definition) is 2. The van der Waals surface area contributed by atoms with E-state index in [0.29, 0.717) is 41.8 Å². The zero-order valence-corrected chi connectivity index (χ0v) is 25.6. The molecular formula is C33H31ClF2N4O5. The van der Waals surface area contributed by atoms with Gasteiger partial charge in [0.05, 0.1) is 17.8 Å². The molecular weight excluding hydrogens is 606 g/mol. The van der Waals surface area contributed by atoms with E-state index in [4.69, 9.17) is 16.3 Å². The number of carbonyl (C=O) groups is 2. The van der Waals surface area contributed by atoms with Crippen molar-refractivity contribution in [3.63, 3.8) is 0 Å². The molecule has 45 heavy (non-hydrogen) atoms. The predicted octanol–water partition coefficient (Wildman–Crippen LogP) is 5.07. The fourth-order valence-electron chi connectivity index (χ4n) is 5.54. The Morgan fingerprint density at radius 1 is 1.04 bits per heavy atom. The molecule has 0 spiro atoms. The molecule has 1 aliphatic carbocycles. The molecule has 1 amide bonds. The quantitative estimate of drug-likeness (QED) is 0.265. The number of hydrogen-bond acceptors (Lipinski definition) is 6. The summed E-state index contributed by atoms with van der Waals surface area (Å²) in [6, 6.07) is 12.2. The fourth-order valence-corrected chi connectivity index (χ4v) is 5.88. The van der Waals surface area contributed by atoms with Crippen LogP contribution in [0.4, 0.5) is 14.5 Å². The van der Waals surface area contributed by atoms with Gasteiger partial charge in [-0.05, 0) is 42.6 Å². The van der Waals surface area contributed by atoms with Crippen molar-refractivity contribution in [3.8, 4) is 28.0 Å². The van der Waals surface area contributed by atoms with Gasteiger partial charge in [-0.15, -0.1) is 0 Å². The van der Waals surface area contributed by atoms with E-state index in [1.807, 2.05) is 0 Å². The molecule has 1 unspecified atom stereocenters. The first kappa shape index (κ1) is 31.8. The zero-order chi connectivity index (χ0) is 32.4. The standard InChI is InChI=1S/C33H31ClF2N4O5/c1-39-17-25(32(43)40(2)33(39)44)31(42)38-27-9-5-8-23(30(27)36)22-7-4-6-21(29(22)34)19-13-26(35)24(28(14-19)45-3)16-37-15-18-10-11-20(41)12-18/h4-9,13-14,17-18,37H,10-12,15-16H2,1-3H3,(H,38,42). The van der Waals surface area contributed by atoms with Crippen molar-refractivity contribution in [1.82, 2.24) is 14.5 Å². The Labute approximate surface area is 262 Å². The predicted molar refractivity (Wildman–Crippen MR) is 168 cm³/mol. The third-order valence-electron chi connectivity index (χ3n) is 7.99. The lowest BCUT2D eigenvalue weighted by molar-refractivity contribution is -0.117. The smallest absolute Gasteiger partial charge is 0.330 e. The summed E-state index contributed by atoms with van der Waals surface area (Å²) in [5.41, 5.74) is -0.452. The molecule has 3 aromatic carbocycles. The number of carbonyl (C=O) groups excluding carboxylic acids is 2. The second kappa shape index (κ2) is 13.2. The van der Waals surface area contributed by atoms with Crippen LogP contribution in [0.5, 0.6) is 5.75 Å². The lowest BCUT2D eigenvalue weighted by Crippen LogP contribution is -2.40. The lowest BCUT2D eigenvalue weighted by Gasteiger charge is -2.17. The van der Waals surface area contributed by atoms with Gasteiger partial charge in [-0.1, -0.05) is 41.9 Å². The summed E-state index contributed by atoms with van der Waals surface area (Å²) < 4.78 is 38.6. The fraction of sp³-hybridized carbons (Fsp3) is 0.273. The summed E-state index contributed by atoms with van der Waals surface area (Å²) in [6.45, 7) is 0.805. The van der Waals surface area contributed by atoms with Crippen molar-refractivity contribution in [2.75, 3.05) is 19.0 Å². The van der Waals surface area contributed by atoms with Crippen LogP contribution in [0.1, 0.15) is 35.2 Å². The van der Waals surface area contributed by atoms with Crippen molar-refractivity contribution < 1.29 is 23.1 Å². The number of amides is 1. The van der Waals surface area contributed by atoms with Crippen molar-refractivity contribution in [1.29, 1.82) is 0 Å². The van der Waals surface area contributed by atoms with Gasteiger partial charge in [0, 0.05) is 61.9 Å². The van der Waals surface area contributed by atoms with Crippen molar-refractivity contribution in [3.05, 3.63) is 103 Å². The molecule has 1 fully saturated rings. The first-order chi connectivity index (χ1) is 21.5.